The maximum atomic E-state index is 13.9. The lowest BCUT2D eigenvalue weighted by Crippen LogP contribution is -2.07. The zero-order valence-corrected chi connectivity index (χ0v) is 12.8. The van der Waals surface area contributed by atoms with E-state index in [-0.39, 0.29) is 32.4 Å². The highest BCUT2D eigenvalue weighted by Gasteiger charge is 2.18. The van der Waals surface area contributed by atoms with Crippen LogP contribution < -0.4 is 16.9 Å². The molecule has 0 saturated heterocycles. The van der Waals surface area contributed by atoms with Crippen molar-refractivity contribution in [2.75, 3.05) is 11.5 Å². The minimum Gasteiger partial charge on any atom is -0.453 e. The Morgan fingerprint density at radius 2 is 1.65 bits per heavy atom. The Hall–Kier alpha value is -2.31. The zero-order valence-electron chi connectivity index (χ0n) is 11.3. The van der Waals surface area contributed by atoms with E-state index in [0.29, 0.717) is 6.07 Å². The number of halogens is 4. The molecule has 0 aliphatic rings. The van der Waals surface area contributed by atoms with Gasteiger partial charge in [0.05, 0.1) is 26.8 Å². The van der Waals surface area contributed by atoms with Gasteiger partial charge < -0.3 is 15.9 Å². The van der Waals surface area contributed by atoms with Crippen LogP contribution in [0.2, 0.25) is 10.0 Å². The van der Waals surface area contributed by atoms with Crippen LogP contribution in [0.4, 0.5) is 20.2 Å². The summed E-state index contributed by atoms with van der Waals surface area (Å²) in [7, 11) is 0. The number of nitrogen functional groups attached to an aromatic ring is 2. The normalized spacial score (nSPS) is 11.1. The predicted octanol–water partition coefficient (Wildman–Crippen LogP) is 4.21. The van der Waals surface area contributed by atoms with E-state index in [4.69, 9.17) is 39.1 Å². The molecular weight excluding hydrogens is 349 g/mol. The van der Waals surface area contributed by atoms with E-state index in [9.17, 15) is 13.6 Å². The second kappa shape index (κ2) is 5.40. The van der Waals surface area contributed by atoms with Crippen molar-refractivity contribution in [2.45, 2.75) is 0 Å². The molecule has 0 aliphatic carbocycles. The maximum Gasteiger partial charge on any atom is 0.195 e. The first-order valence-electron chi connectivity index (χ1n) is 6.26. The summed E-state index contributed by atoms with van der Waals surface area (Å²) in [5, 5.41) is -0.0277. The largest absolute Gasteiger partial charge is 0.453 e. The molecule has 1 heterocycles. The highest BCUT2D eigenvalue weighted by Crippen LogP contribution is 2.35. The molecule has 0 amide bonds. The fraction of sp³-hybridized carbons (Fsp3) is 0. The molecule has 0 aliphatic heterocycles. The first kappa shape index (κ1) is 15.6. The summed E-state index contributed by atoms with van der Waals surface area (Å²) in [6.45, 7) is 0. The molecule has 4 N–H and O–H groups in total. The van der Waals surface area contributed by atoms with Crippen molar-refractivity contribution >= 4 is 45.5 Å². The van der Waals surface area contributed by atoms with Gasteiger partial charge in [0.2, 0.25) is 0 Å². The summed E-state index contributed by atoms with van der Waals surface area (Å²) >= 11 is 12.0. The van der Waals surface area contributed by atoms with Crippen LogP contribution in [0.5, 0.6) is 0 Å². The van der Waals surface area contributed by atoms with Gasteiger partial charge in [-0.05, 0) is 12.1 Å². The predicted molar refractivity (Wildman–Crippen MR) is 86.7 cm³/mol. The van der Waals surface area contributed by atoms with Crippen LogP contribution in [-0.2, 0) is 0 Å². The highest BCUT2D eigenvalue weighted by molar-refractivity contribution is 6.37. The molecule has 0 bridgehead atoms. The van der Waals surface area contributed by atoms with Crippen LogP contribution in [0.25, 0.3) is 22.3 Å². The van der Waals surface area contributed by atoms with E-state index in [2.05, 4.69) is 0 Å². The van der Waals surface area contributed by atoms with Gasteiger partial charge in [0, 0.05) is 17.7 Å². The van der Waals surface area contributed by atoms with Crippen molar-refractivity contribution < 1.29 is 13.2 Å². The first-order valence-corrected chi connectivity index (χ1v) is 7.01. The van der Waals surface area contributed by atoms with Gasteiger partial charge in [-0.25, -0.2) is 8.78 Å². The molecule has 2 aromatic carbocycles. The maximum absolute atomic E-state index is 13.9. The molecular formula is C15H8Cl2F2N2O2. The second-order valence-corrected chi connectivity index (χ2v) is 5.60. The van der Waals surface area contributed by atoms with Gasteiger partial charge in [-0.15, -0.1) is 0 Å². The molecule has 8 heteroatoms. The number of anilines is 2. The number of nitrogens with two attached hydrogens (primary N) is 2. The topological polar surface area (TPSA) is 82.2 Å². The van der Waals surface area contributed by atoms with E-state index in [0.717, 1.165) is 6.07 Å². The van der Waals surface area contributed by atoms with Crippen LogP contribution in [-0.4, -0.2) is 0 Å². The summed E-state index contributed by atoms with van der Waals surface area (Å²) in [6, 6.07) is 4.33. The third-order valence-electron chi connectivity index (χ3n) is 3.30. The van der Waals surface area contributed by atoms with Gasteiger partial charge in [0.1, 0.15) is 11.6 Å². The number of rotatable bonds is 1. The molecule has 0 atom stereocenters. The highest BCUT2D eigenvalue weighted by atomic mass is 35.5. The average Bonchev–Trinajstić information content (AvgIpc) is 2.48. The summed E-state index contributed by atoms with van der Waals surface area (Å²) in [5.41, 5.74) is 9.93. The molecule has 1 aromatic heterocycles. The second-order valence-electron chi connectivity index (χ2n) is 4.79. The molecule has 0 fully saturated rings. The zero-order chi connectivity index (χ0) is 16.9. The summed E-state index contributed by atoms with van der Waals surface area (Å²) in [4.78, 5) is 12.2. The number of hydrogen-bond donors (Lipinski definition) is 2. The van der Waals surface area contributed by atoms with E-state index >= 15 is 0 Å². The van der Waals surface area contributed by atoms with Gasteiger partial charge in [0.25, 0.3) is 0 Å². The summed E-state index contributed by atoms with van der Waals surface area (Å²) < 4.78 is 32.8. The Kier molecular flexibility index (Phi) is 3.66. The van der Waals surface area contributed by atoms with Crippen molar-refractivity contribution in [1.82, 2.24) is 0 Å². The lowest BCUT2D eigenvalue weighted by molar-refractivity contribution is 0.546. The monoisotopic (exact) mass is 356 g/mol. The van der Waals surface area contributed by atoms with Gasteiger partial charge in [-0.3, -0.25) is 4.79 Å². The van der Waals surface area contributed by atoms with Crippen molar-refractivity contribution in [3.63, 3.8) is 0 Å². The minimum absolute atomic E-state index is 0.0423. The number of fused-ring (bicyclic) bond motifs is 1. The lowest BCUT2D eigenvalue weighted by Gasteiger charge is -2.09. The van der Waals surface area contributed by atoms with Gasteiger partial charge in [-0.1, -0.05) is 23.2 Å². The Bertz CT molecular complexity index is 1020. The van der Waals surface area contributed by atoms with Crippen LogP contribution in [0.3, 0.4) is 0 Å². The molecule has 0 unspecified atom stereocenters. The summed E-state index contributed by atoms with van der Waals surface area (Å²) in [6.07, 6.45) is 0. The average molecular weight is 357 g/mol. The van der Waals surface area contributed by atoms with E-state index in [1.54, 1.807) is 0 Å². The SMILES string of the molecule is Nc1cc(Cl)c(-c2cc(=O)c3c(N)c(F)cc(F)c3o2)cc1Cl. The van der Waals surface area contributed by atoms with Crippen LogP contribution in [0.1, 0.15) is 0 Å². The lowest BCUT2D eigenvalue weighted by atomic mass is 10.1. The standard InChI is InChI=1S/C15H8Cl2F2N2O2/c16-6-2-10(20)7(17)1-5(6)12-4-11(22)13-14(21)8(18)3-9(19)15(13)23-12/h1-4H,20-21H2. The van der Waals surface area contributed by atoms with E-state index in [1.165, 1.54) is 12.1 Å². The molecule has 0 saturated carbocycles. The number of hydrogen-bond acceptors (Lipinski definition) is 4. The molecule has 4 nitrogen and oxygen atoms in total. The van der Waals surface area contributed by atoms with E-state index < -0.39 is 28.3 Å². The fourth-order valence-corrected chi connectivity index (χ4v) is 2.60. The van der Waals surface area contributed by atoms with Crippen molar-refractivity contribution in [3.05, 3.63) is 56.2 Å². The summed E-state index contributed by atoms with van der Waals surface area (Å²) in [5.74, 6) is -2.13. The molecule has 118 valence electrons. The third-order valence-corrected chi connectivity index (χ3v) is 3.94. The van der Waals surface area contributed by atoms with E-state index in [1.807, 2.05) is 0 Å². The Balaban J connectivity index is 2.38. The quantitative estimate of drug-likeness (QED) is 0.639. The van der Waals surface area contributed by atoms with Crippen molar-refractivity contribution in [2.24, 2.45) is 0 Å². The van der Waals surface area contributed by atoms with Gasteiger partial charge in [0.15, 0.2) is 16.8 Å². The molecule has 3 aromatic rings. The molecule has 0 radical (unpaired) electrons. The fourth-order valence-electron chi connectivity index (χ4n) is 2.17. The van der Waals surface area contributed by atoms with Crippen LogP contribution in [0.15, 0.2) is 33.5 Å². The molecule has 23 heavy (non-hydrogen) atoms. The van der Waals surface area contributed by atoms with Crippen molar-refractivity contribution in [1.29, 1.82) is 0 Å². The van der Waals surface area contributed by atoms with Crippen LogP contribution >= 0.6 is 23.2 Å². The Labute approximate surface area is 138 Å². The van der Waals surface area contributed by atoms with Crippen molar-refractivity contribution in [3.8, 4) is 11.3 Å². The van der Waals surface area contributed by atoms with Gasteiger partial charge >= 0.3 is 0 Å². The third kappa shape index (κ3) is 2.50. The molecule has 0 spiro atoms. The minimum atomic E-state index is -1.05. The number of benzene rings is 2. The van der Waals surface area contributed by atoms with Crippen LogP contribution in [0, 0.1) is 11.6 Å². The Morgan fingerprint density at radius 1 is 0.957 bits per heavy atom. The first-order chi connectivity index (χ1) is 10.8. The van der Waals surface area contributed by atoms with Gasteiger partial charge in [-0.2, -0.15) is 0 Å². The molecule has 3 rings (SSSR count). The Morgan fingerprint density at radius 3 is 2.35 bits per heavy atom. The smallest absolute Gasteiger partial charge is 0.195 e.